The first kappa shape index (κ1) is 15.3. The molecular weight excluding hydrogens is 268 g/mol. The minimum absolute atomic E-state index is 0.00962. The summed E-state index contributed by atoms with van der Waals surface area (Å²) in [6.07, 6.45) is 2.75. The highest BCUT2D eigenvalue weighted by molar-refractivity contribution is 7.98. The van der Waals surface area contributed by atoms with Gasteiger partial charge in [0.1, 0.15) is 4.90 Å². The second-order valence-electron chi connectivity index (χ2n) is 4.08. The molecule has 0 saturated heterocycles. The van der Waals surface area contributed by atoms with Crippen LogP contribution in [0.1, 0.15) is 13.3 Å². The Labute approximate surface area is 114 Å². The molecule has 6 heteroatoms. The van der Waals surface area contributed by atoms with Crippen LogP contribution in [0.5, 0.6) is 0 Å². The smallest absolute Gasteiger partial charge is 0.245 e. The minimum Gasteiger partial charge on any atom is -0.398 e. The molecule has 0 bridgehead atoms. The second kappa shape index (κ2) is 6.45. The quantitative estimate of drug-likeness (QED) is 0.814. The Kier molecular flexibility index (Phi) is 5.49. The van der Waals surface area contributed by atoms with Crippen LogP contribution in [0.3, 0.4) is 0 Å². The lowest BCUT2D eigenvalue weighted by Crippen LogP contribution is -2.38. The summed E-state index contributed by atoms with van der Waals surface area (Å²) in [6, 6.07) is 6.56. The van der Waals surface area contributed by atoms with E-state index in [2.05, 4.69) is 0 Å². The molecule has 18 heavy (non-hydrogen) atoms. The molecule has 0 aliphatic rings. The Morgan fingerprint density at radius 3 is 2.50 bits per heavy atom. The van der Waals surface area contributed by atoms with Crippen molar-refractivity contribution in [1.82, 2.24) is 4.31 Å². The topological polar surface area (TPSA) is 63.4 Å². The van der Waals surface area contributed by atoms with E-state index in [1.54, 1.807) is 43.1 Å². The van der Waals surface area contributed by atoms with Gasteiger partial charge in [-0.25, -0.2) is 8.42 Å². The zero-order chi connectivity index (χ0) is 13.8. The van der Waals surface area contributed by atoms with Crippen LogP contribution in [0, 0.1) is 0 Å². The summed E-state index contributed by atoms with van der Waals surface area (Å²) in [7, 11) is -1.89. The van der Waals surface area contributed by atoms with Crippen molar-refractivity contribution in [2.45, 2.75) is 24.3 Å². The van der Waals surface area contributed by atoms with Gasteiger partial charge in [-0.3, -0.25) is 0 Å². The standard InChI is InChI=1S/C12H20N2O2S2/c1-4-10(9-17-3)14(2)18(15,16)12-8-6-5-7-11(12)13/h5-8,10H,4,9,13H2,1-3H3. The number of anilines is 1. The van der Waals surface area contributed by atoms with Crippen LogP contribution in [0.25, 0.3) is 0 Å². The van der Waals surface area contributed by atoms with Gasteiger partial charge in [0, 0.05) is 18.8 Å². The monoisotopic (exact) mass is 288 g/mol. The molecule has 0 amide bonds. The van der Waals surface area contributed by atoms with Gasteiger partial charge in [-0.05, 0) is 24.8 Å². The Balaban J connectivity index is 3.10. The van der Waals surface area contributed by atoms with Crippen molar-refractivity contribution in [2.24, 2.45) is 0 Å². The van der Waals surface area contributed by atoms with E-state index in [9.17, 15) is 8.42 Å². The normalized spacial score (nSPS) is 13.8. The summed E-state index contributed by atoms with van der Waals surface area (Å²) in [6.45, 7) is 1.99. The molecule has 1 aromatic carbocycles. The van der Waals surface area contributed by atoms with Gasteiger partial charge in [-0.15, -0.1) is 0 Å². The van der Waals surface area contributed by atoms with Crippen LogP contribution in [-0.2, 0) is 10.0 Å². The third-order valence-corrected chi connectivity index (χ3v) is 5.62. The summed E-state index contributed by atoms with van der Waals surface area (Å²) in [5.74, 6) is 0.777. The van der Waals surface area contributed by atoms with Gasteiger partial charge >= 0.3 is 0 Å². The van der Waals surface area contributed by atoms with E-state index in [-0.39, 0.29) is 10.9 Å². The summed E-state index contributed by atoms with van der Waals surface area (Å²) in [5.41, 5.74) is 6.04. The maximum atomic E-state index is 12.5. The van der Waals surface area contributed by atoms with Gasteiger partial charge < -0.3 is 5.73 Å². The van der Waals surface area contributed by atoms with E-state index in [1.165, 1.54) is 4.31 Å². The molecule has 1 unspecified atom stereocenters. The lowest BCUT2D eigenvalue weighted by Gasteiger charge is -2.26. The molecule has 2 N–H and O–H groups in total. The first-order valence-electron chi connectivity index (χ1n) is 5.76. The van der Waals surface area contributed by atoms with Crippen molar-refractivity contribution in [3.05, 3.63) is 24.3 Å². The van der Waals surface area contributed by atoms with Crippen LogP contribution < -0.4 is 5.73 Å². The molecule has 0 aliphatic heterocycles. The second-order valence-corrected chi connectivity index (χ2v) is 6.95. The predicted octanol–water partition coefficient (Wildman–Crippen LogP) is 2.03. The van der Waals surface area contributed by atoms with Crippen LogP contribution in [0.15, 0.2) is 29.2 Å². The van der Waals surface area contributed by atoms with Crippen molar-refractivity contribution in [1.29, 1.82) is 0 Å². The van der Waals surface area contributed by atoms with Gasteiger partial charge in [0.15, 0.2) is 0 Å². The molecule has 1 aromatic rings. The van der Waals surface area contributed by atoms with Gasteiger partial charge in [-0.2, -0.15) is 16.1 Å². The Morgan fingerprint density at radius 1 is 1.39 bits per heavy atom. The number of hydrogen-bond acceptors (Lipinski definition) is 4. The lowest BCUT2D eigenvalue weighted by molar-refractivity contribution is 0.385. The summed E-state index contributed by atoms with van der Waals surface area (Å²) in [4.78, 5) is 0.187. The van der Waals surface area contributed by atoms with Crippen molar-refractivity contribution >= 4 is 27.5 Å². The highest BCUT2D eigenvalue weighted by Gasteiger charge is 2.28. The Hall–Kier alpha value is -0.720. The van der Waals surface area contributed by atoms with Crippen LogP contribution >= 0.6 is 11.8 Å². The van der Waals surface area contributed by atoms with Gasteiger partial charge in [0.2, 0.25) is 10.0 Å². The predicted molar refractivity (Wildman–Crippen MR) is 78.3 cm³/mol. The molecule has 0 aromatic heterocycles. The average molecular weight is 288 g/mol. The Morgan fingerprint density at radius 2 is 2.00 bits per heavy atom. The molecule has 102 valence electrons. The number of nitrogens with two attached hydrogens (primary N) is 1. The number of thioether (sulfide) groups is 1. The van der Waals surface area contributed by atoms with Crippen LogP contribution in [0.2, 0.25) is 0 Å². The van der Waals surface area contributed by atoms with E-state index in [0.29, 0.717) is 5.69 Å². The third-order valence-electron chi connectivity index (χ3n) is 2.92. The van der Waals surface area contributed by atoms with Crippen molar-refractivity contribution < 1.29 is 8.42 Å². The lowest BCUT2D eigenvalue weighted by atomic mass is 10.3. The Bertz CT molecular complexity index is 489. The van der Waals surface area contributed by atoms with Gasteiger partial charge in [-0.1, -0.05) is 19.1 Å². The molecule has 0 spiro atoms. The summed E-state index contributed by atoms with van der Waals surface area (Å²) in [5, 5.41) is 0. The SMILES string of the molecule is CCC(CSC)N(C)S(=O)(=O)c1ccccc1N. The highest BCUT2D eigenvalue weighted by atomic mass is 32.2. The number of sulfonamides is 1. The molecule has 0 saturated carbocycles. The molecule has 0 radical (unpaired) electrons. The number of nitrogens with zero attached hydrogens (tertiary/aromatic N) is 1. The maximum Gasteiger partial charge on any atom is 0.245 e. The number of nitrogen functional groups attached to an aromatic ring is 1. The van der Waals surface area contributed by atoms with Gasteiger partial charge in [0.05, 0.1) is 5.69 Å². The average Bonchev–Trinajstić information content (AvgIpc) is 2.35. The minimum atomic E-state index is -3.51. The molecule has 4 nitrogen and oxygen atoms in total. The fourth-order valence-electron chi connectivity index (χ4n) is 1.74. The molecular formula is C12H20N2O2S2. The maximum absolute atomic E-state index is 12.5. The molecule has 1 atom stereocenters. The van der Waals surface area contributed by atoms with Crippen molar-refractivity contribution in [3.8, 4) is 0 Å². The first-order valence-corrected chi connectivity index (χ1v) is 8.60. The largest absolute Gasteiger partial charge is 0.398 e. The fourth-order valence-corrected chi connectivity index (χ4v) is 4.22. The van der Waals surface area contributed by atoms with Gasteiger partial charge in [0.25, 0.3) is 0 Å². The highest BCUT2D eigenvalue weighted by Crippen LogP contribution is 2.24. The zero-order valence-electron chi connectivity index (χ0n) is 11.0. The fraction of sp³-hybridized carbons (Fsp3) is 0.500. The van der Waals surface area contributed by atoms with Crippen LogP contribution in [-0.4, -0.2) is 37.8 Å². The molecule has 0 heterocycles. The number of hydrogen-bond donors (Lipinski definition) is 1. The first-order chi connectivity index (χ1) is 8.45. The molecule has 0 fully saturated rings. The van der Waals surface area contributed by atoms with E-state index in [0.717, 1.165) is 12.2 Å². The number of rotatable bonds is 6. The third kappa shape index (κ3) is 3.18. The van der Waals surface area contributed by atoms with E-state index in [4.69, 9.17) is 5.73 Å². The summed E-state index contributed by atoms with van der Waals surface area (Å²) >= 11 is 1.64. The zero-order valence-corrected chi connectivity index (χ0v) is 12.6. The molecule has 1 rings (SSSR count). The van der Waals surface area contributed by atoms with E-state index in [1.807, 2.05) is 13.2 Å². The molecule has 0 aliphatic carbocycles. The van der Waals surface area contributed by atoms with Crippen molar-refractivity contribution in [2.75, 3.05) is 24.8 Å². The van der Waals surface area contributed by atoms with Crippen molar-refractivity contribution in [3.63, 3.8) is 0 Å². The van der Waals surface area contributed by atoms with E-state index < -0.39 is 10.0 Å². The number of para-hydroxylation sites is 1. The van der Waals surface area contributed by atoms with Crippen LogP contribution in [0.4, 0.5) is 5.69 Å². The van der Waals surface area contributed by atoms with E-state index >= 15 is 0 Å². The number of benzene rings is 1. The summed E-state index contributed by atoms with van der Waals surface area (Å²) < 4.78 is 26.4.